The summed E-state index contributed by atoms with van der Waals surface area (Å²) in [6.07, 6.45) is 0. The maximum Gasteiger partial charge on any atom is 0.213 e. The van der Waals surface area contributed by atoms with Crippen molar-refractivity contribution in [2.75, 3.05) is 0 Å². The van der Waals surface area contributed by atoms with Crippen LogP contribution in [0.15, 0.2) is 235 Å². The third-order valence-electron chi connectivity index (χ3n) is 14.2. The average molecular weight is 855 g/mol. The van der Waals surface area contributed by atoms with Crippen LogP contribution >= 0.6 is 0 Å². The maximum atomic E-state index is 6.85. The van der Waals surface area contributed by atoms with Crippen molar-refractivity contribution >= 4 is 98.4 Å². The first kappa shape index (κ1) is 36.3. The molecule has 15 rings (SSSR count). The molecule has 0 radical (unpaired) electrons. The Morgan fingerprint density at radius 2 is 0.672 bits per heavy atom. The molecule has 5 aromatic heterocycles. The predicted octanol–water partition coefficient (Wildman–Crippen LogP) is 16.5. The Kier molecular flexibility index (Phi) is 7.44. The monoisotopic (exact) mass is 854 g/mol. The normalized spacial score (nSPS) is 12.2. The summed E-state index contributed by atoms with van der Waals surface area (Å²) in [6.45, 7) is 0. The first-order valence-corrected chi connectivity index (χ1v) is 22.9. The lowest BCUT2D eigenvalue weighted by Gasteiger charge is -2.12. The van der Waals surface area contributed by atoms with Gasteiger partial charge in [0.2, 0.25) is 5.71 Å². The van der Waals surface area contributed by atoms with Crippen molar-refractivity contribution < 1.29 is 4.42 Å². The quantitative estimate of drug-likeness (QED) is 0.170. The van der Waals surface area contributed by atoms with E-state index in [0.29, 0.717) is 0 Å². The van der Waals surface area contributed by atoms with Crippen LogP contribution in [-0.4, -0.2) is 18.3 Å². The number of hydrogen-bond donors (Lipinski definition) is 0. The Hall–Kier alpha value is -9.06. The molecule has 5 nitrogen and oxygen atoms in total. The molecule has 0 amide bonds. The number of aromatic nitrogens is 4. The highest BCUT2D eigenvalue weighted by atomic mass is 16.3. The molecular weight excluding hydrogens is 817 g/mol. The van der Waals surface area contributed by atoms with Crippen molar-refractivity contribution in [2.45, 2.75) is 0 Å². The van der Waals surface area contributed by atoms with Gasteiger partial charge in [-0.2, -0.15) is 0 Å². The Morgan fingerprint density at radius 1 is 0.254 bits per heavy atom. The summed E-state index contributed by atoms with van der Waals surface area (Å²) >= 11 is 0. The molecular formula is C62H38N4O. The Balaban J connectivity index is 0.985. The molecule has 67 heavy (non-hydrogen) atoms. The van der Waals surface area contributed by atoms with Crippen LogP contribution in [0.1, 0.15) is 0 Å². The number of nitrogens with zero attached hydrogens (tertiary/aromatic N) is 4. The fourth-order valence-electron chi connectivity index (χ4n) is 11.4. The number of fused-ring (bicyclic) bond motifs is 14. The van der Waals surface area contributed by atoms with Gasteiger partial charge in [0.05, 0.1) is 44.0 Å². The van der Waals surface area contributed by atoms with Crippen LogP contribution in [0, 0.1) is 0 Å². The zero-order valence-corrected chi connectivity index (χ0v) is 36.1. The van der Waals surface area contributed by atoms with Crippen molar-refractivity contribution in [3.8, 4) is 33.9 Å². The van der Waals surface area contributed by atoms with Crippen molar-refractivity contribution in [3.05, 3.63) is 231 Å². The molecule has 0 spiro atoms. The van der Waals surface area contributed by atoms with Gasteiger partial charge >= 0.3 is 0 Å². The minimum absolute atomic E-state index is 0.853. The second-order valence-electron chi connectivity index (χ2n) is 17.7. The zero-order chi connectivity index (χ0) is 43.7. The Morgan fingerprint density at radius 3 is 1.21 bits per heavy atom. The van der Waals surface area contributed by atoms with Gasteiger partial charge in [-0.05, 0) is 108 Å². The van der Waals surface area contributed by atoms with Crippen LogP contribution in [0.25, 0.3) is 132 Å². The van der Waals surface area contributed by atoms with E-state index in [-0.39, 0.29) is 0 Å². The highest BCUT2D eigenvalue weighted by Gasteiger charge is 2.23. The standard InChI is InChI=1S/C62H38N4O/c1-2-17-40(18-3-1)66-56-30-13-8-24-49(56)61-60-44(25-15-31-59(60)67-62(61)66)39-16-14-19-41(36-39)63-57-34-32-42(64-52-26-9-4-20-45(52)46-21-5-10-27-53(46)64)37-50(57)51-38-43(33-35-58(51)63)65-54-28-11-6-22-47(54)48-23-7-12-29-55(48)65/h1-38H. The van der Waals surface area contributed by atoms with E-state index in [2.05, 4.69) is 249 Å². The summed E-state index contributed by atoms with van der Waals surface area (Å²) in [5.41, 5.74) is 16.6. The van der Waals surface area contributed by atoms with E-state index in [0.717, 1.165) is 72.5 Å². The molecule has 0 unspecified atom stereocenters. The minimum Gasteiger partial charge on any atom is -0.439 e. The van der Waals surface area contributed by atoms with Gasteiger partial charge in [-0.15, -0.1) is 0 Å². The molecule has 15 aromatic rings. The first-order valence-electron chi connectivity index (χ1n) is 22.9. The lowest BCUT2D eigenvalue weighted by atomic mass is 9.98. The van der Waals surface area contributed by atoms with Gasteiger partial charge in [0.1, 0.15) is 5.58 Å². The molecule has 10 aromatic carbocycles. The third-order valence-corrected chi connectivity index (χ3v) is 14.2. The van der Waals surface area contributed by atoms with E-state index < -0.39 is 0 Å². The Bertz CT molecular complexity index is 4240. The van der Waals surface area contributed by atoms with E-state index in [1.807, 2.05) is 0 Å². The summed E-state index contributed by atoms with van der Waals surface area (Å²) in [5.74, 6) is 0. The molecule has 0 aliphatic heterocycles. The summed E-state index contributed by atoms with van der Waals surface area (Å²) in [4.78, 5) is 0. The number of hydrogen-bond acceptors (Lipinski definition) is 1. The fourth-order valence-corrected chi connectivity index (χ4v) is 11.4. The molecule has 0 fully saturated rings. The van der Waals surface area contributed by atoms with Crippen molar-refractivity contribution in [3.63, 3.8) is 0 Å². The van der Waals surface area contributed by atoms with Crippen molar-refractivity contribution in [1.29, 1.82) is 0 Å². The predicted molar refractivity (Wildman–Crippen MR) is 279 cm³/mol. The summed E-state index contributed by atoms with van der Waals surface area (Å²) in [7, 11) is 0. The van der Waals surface area contributed by atoms with Crippen molar-refractivity contribution in [1.82, 2.24) is 18.3 Å². The molecule has 0 saturated heterocycles. The Labute approximate surface area is 383 Å². The van der Waals surface area contributed by atoms with Gasteiger partial charge in [0, 0.05) is 65.8 Å². The maximum absolute atomic E-state index is 6.85. The van der Waals surface area contributed by atoms with Crippen LogP contribution in [0.4, 0.5) is 0 Å². The van der Waals surface area contributed by atoms with Gasteiger partial charge < -0.3 is 18.1 Å². The van der Waals surface area contributed by atoms with Gasteiger partial charge in [-0.25, -0.2) is 0 Å². The number of rotatable bonds is 5. The van der Waals surface area contributed by atoms with E-state index >= 15 is 0 Å². The van der Waals surface area contributed by atoms with Crippen LogP contribution in [0.5, 0.6) is 0 Å². The molecule has 0 N–H and O–H groups in total. The molecule has 5 heteroatoms. The van der Waals surface area contributed by atoms with E-state index in [9.17, 15) is 0 Å². The topological polar surface area (TPSA) is 32.9 Å². The lowest BCUT2D eigenvalue weighted by Crippen LogP contribution is -1.96. The number of para-hydroxylation sites is 6. The lowest BCUT2D eigenvalue weighted by molar-refractivity contribution is 0.645. The summed E-state index contributed by atoms with van der Waals surface area (Å²) in [5, 5.41) is 10.8. The summed E-state index contributed by atoms with van der Waals surface area (Å²) in [6, 6.07) is 83.7. The minimum atomic E-state index is 0.853. The van der Waals surface area contributed by atoms with Crippen molar-refractivity contribution in [2.24, 2.45) is 0 Å². The fraction of sp³-hybridized carbons (Fsp3) is 0. The highest BCUT2D eigenvalue weighted by molar-refractivity contribution is 6.24. The second kappa shape index (κ2) is 13.7. The second-order valence-corrected chi connectivity index (χ2v) is 17.7. The molecule has 0 atom stereocenters. The van der Waals surface area contributed by atoms with E-state index in [1.54, 1.807) is 0 Å². The third kappa shape index (κ3) is 5.08. The molecule has 0 bridgehead atoms. The van der Waals surface area contributed by atoms with Crippen LogP contribution in [0.3, 0.4) is 0 Å². The molecule has 0 aliphatic rings. The molecule has 0 saturated carbocycles. The van der Waals surface area contributed by atoms with Gasteiger partial charge in [-0.1, -0.05) is 133 Å². The number of benzene rings is 10. The van der Waals surface area contributed by atoms with E-state index in [1.165, 1.54) is 59.8 Å². The van der Waals surface area contributed by atoms with Gasteiger partial charge in [-0.3, -0.25) is 4.57 Å². The zero-order valence-electron chi connectivity index (χ0n) is 36.1. The van der Waals surface area contributed by atoms with Gasteiger partial charge in [0.15, 0.2) is 0 Å². The smallest absolute Gasteiger partial charge is 0.213 e. The first-order chi connectivity index (χ1) is 33.3. The summed E-state index contributed by atoms with van der Waals surface area (Å²) < 4.78 is 16.4. The largest absolute Gasteiger partial charge is 0.439 e. The SMILES string of the molecule is c1ccc(-n2c3ccccc3c3c4c(-c5cccc(-n6c7ccc(-n8c9ccccc9c9ccccc98)cc7c7cc(-n8c9ccccc9c9ccccc98)ccc76)c5)cccc4oc32)cc1. The van der Waals surface area contributed by atoms with E-state index in [4.69, 9.17) is 4.42 Å². The highest BCUT2D eigenvalue weighted by Crippen LogP contribution is 2.45. The average Bonchev–Trinajstić information content (AvgIpc) is 4.19. The molecule has 5 heterocycles. The molecule has 312 valence electrons. The molecule has 0 aliphatic carbocycles. The van der Waals surface area contributed by atoms with Gasteiger partial charge in [0.25, 0.3) is 0 Å². The van der Waals surface area contributed by atoms with Crippen LogP contribution < -0.4 is 0 Å². The van der Waals surface area contributed by atoms with Crippen LogP contribution in [0.2, 0.25) is 0 Å². The number of furan rings is 1. The van der Waals surface area contributed by atoms with Crippen LogP contribution in [-0.2, 0) is 0 Å².